The van der Waals surface area contributed by atoms with Gasteiger partial charge in [0.05, 0.1) is 22.4 Å². The molecule has 1 heterocycles. The zero-order chi connectivity index (χ0) is 31.5. The summed E-state index contributed by atoms with van der Waals surface area (Å²) in [5, 5.41) is 2.48. The zero-order valence-corrected chi connectivity index (χ0v) is 26.6. The van der Waals surface area contributed by atoms with Gasteiger partial charge in [-0.2, -0.15) is 0 Å². The van der Waals surface area contributed by atoms with Crippen LogP contribution in [0.3, 0.4) is 0 Å². The summed E-state index contributed by atoms with van der Waals surface area (Å²) in [6.45, 7) is 4.75. The average Bonchev–Trinajstić information content (AvgIpc) is 3.59. The molecule has 0 saturated carbocycles. The topological polar surface area (TPSA) is 8.17 Å². The molecular formula is C45H34N2. The van der Waals surface area contributed by atoms with E-state index < -0.39 is 0 Å². The quantitative estimate of drug-likeness (QED) is 0.190. The molecule has 8 aromatic rings. The van der Waals surface area contributed by atoms with Crippen LogP contribution in [0, 0.1) is 0 Å². The number of rotatable bonds is 5. The van der Waals surface area contributed by atoms with Gasteiger partial charge >= 0.3 is 0 Å². The van der Waals surface area contributed by atoms with Crippen LogP contribution in [0.2, 0.25) is 0 Å². The van der Waals surface area contributed by atoms with Crippen molar-refractivity contribution in [3.05, 3.63) is 181 Å². The molecule has 0 fully saturated rings. The highest BCUT2D eigenvalue weighted by atomic mass is 15.2. The molecular weight excluding hydrogens is 569 g/mol. The van der Waals surface area contributed by atoms with E-state index in [1.807, 2.05) is 0 Å². The number of para-hydroxylation sites is 2. The minimum atomic E-state index is -0.170. The molecule has 9 rings (SSSR count). The largest absolute Gasteiger partial charge is 0.309 e. The molecule has 1 aliphatic carbocycles. The van der Waals surface area contributed by atoms with Crippen LogP contribution >= 0.6 is 0 Å². The summed E-state index contributed by atoms with van der Waals surface area (Å²) in [6.07, 6.45) is 0. The van der Waals surface area contributed by atoms with Gasteiger partial charge in [-0.1, -0.05) is 135 Å². The number of aromatic nitrogens is 1. The third-order valence-corrected chi connectivity index (χ3v) is 9.96. The Kier molecular flexibility index (Phi) is 6.20. The van der Waals surface area contributed by atoms with Gasteiger partial charge in [0.15, 0.2) is 0 Å². The van der Waals surface area contributed by atoms with Gasteiger partial charge in [0.25, 0.3) is 0 Å². The summed E-state index contributed by atoms with van der Waals surface area (Å²) in [5.74, 6) is 0. The monoisotopic (exact) mass is 602 g/mol. The minimum Gasteiger partial charge on any atom is -0.309 e. The maximum absolute atomic E-state index is 2.51. The summed E-state index contributed by atoms with van der Waals surface area (Å²) < 4.78 is 2.40. The van der Waals surface area contributed by atoms with Gasteiger partial charge in [-0.15, -0.1) is 0 Å². The molecule has 0 spiro atoms. The first-order valence-electron chi connectivity index (χ1n) is 16.4. The van der Waals surface area contributed by atoms with Crippen molar-refractivity contribution in [2.45, 2.75) is 19.3 Å². The summed E-state index contributed by atoms with van der Waals surface area (Å²) in [4.78, 5) is 2.51. The van der Waals surface area contributed by atoms with E-state index in [1.54, 1.807) is 0 Å². The second-order valence-corrected chi connectivity index (χ2v) is 13.0. The molecule has 2 heteroatoms. The summed E-state index contributed by atoms with van der Waals surface area (Å²) >= 11 is 0. The summed E-state index contributed by atoms with van der Waals surface area (Å²) in [5.41, 5.74) is 14.7. The highest BCUT2D eigenvalue weighted by Gasteiger charge is 2.39. The third-order valence-electron chi connectivity index (χ3n) is 9.96. The summed E-state index contributed by atoms with van der Waals surface area (Å²) in [6, 6.07) is 61.8. The van der Waals surface area contributed by atoms with Gasteiger partial charge in [-0.3, -0.25) is 0 Å². The molecule has 0 saturated heterocycles. The molecule has 7 aromatic carbocycles. The molecule has 0 unspecified atom stereocenters. The van der Waals surface area contributed by atoms with Gasteiger partial charge < -0.3 is 9.47 Å². The van der Waals surface area contributed by atoms with Crippen LogP contribution in [0.15, 0.2) is 170 Å². The average molecular weight is 603 g/mol. The van der Waals surface area contributed by atoms with Gasteiger partial charge in [0.2, 0.25) is 0 Å². The molecule has 47 heavy (non-hydrogen) atoms. The van der Waals surface area contributed by atoms with Crippen LogP contribution in [-0.2, 0) is 5.41 Å². The first-order valence-corrected chi connectivity index (χ1v) is 16.4. The Morgan fingerprint density at radius 1 is 0.468 bits per heavy atom. The lowest BCUT2D eigenvalue weighted by molar-refractivity contribution is 0.661. The molecule has 224 valence electrons. The standard InChI is InChI=1S/C45H34N2/c1-45(2)38-22-11-9-19-35(38)36-21-13-26-42(44(36)45)47(34-29-27-32(28-30-34)31-15-5-3-6-16-31)41-25-14-24-40-43(41)37-20-10-12-23-39(37)46(40)33-17-7-4-8-18-33/h3-30H,1-2H3. The lowest BCUT2D eigenvalue weighted by Crippen LogP contribution is -2.20. The van der Waals surface area contributed by atoms with Crippen molar-refractivity contribution >= 4 is 38.9 Å². The molecule has 1 aliphatic rings. The fourth-order valence-corrected chi connectivity index (χ4v) is 7.89. The van der Waals surface area contributed by atoms with Crippen LogP contribution in [0.1, 0.15) is 25.0 Å². The Morgan fingerprint density at radius 3 is 1.87 bits per heavy atom. The van der Waals surface area contributed by atoms with Crippen molar-refractivity contribution in [1.29, 1.82) is 0 Å². The van der Waals surface area contributed by atoms with Crippen molar-refractivity contribution in [3.8, 4) is 27.9 Å². The molecule has 0 amide bonds. The van der Waals surface area contributed by atoms with E-state index in [-0.39, 0.29) is 5.41 Å². The van der Waals surface area contributed by atoms with Gasteiger partial charge in [-0.25, -0.2) is 0 Å². The number of fused-ring (bicyclic) bond motifs is 6. The second-order valence-electron chi connectivity index (χ2n) is 13.0. The molecule has 0 bridgehead atoms. The molecule has 0 N–H and O–H groups in total. The van der Waals surface area contributed by atoms with Crippen LogP contribution in [-0.4, -0.2) is 4.57 Å². The highest BCUT2D eigenvalue weighted by Crippen LogP contribution is 2.55. The smallest absolute Gasteiger partial charge is 0.0562 e. The Hall–Kier alpha value is -5.86. The van der Waals surface area contributed by atoms with Crippen molar-refractivity contribution in [2.24, 2.45) is 0 Å². The minimum absolute atomic E-state index is 0.170. The van der Waals surface area contributed by atoms with Crippen molar-refractivity contribution in [2.75, 3.05) is 4.90 Å². The van der Waals surface area contributed by atoms with Gasteiger partial charge in [-0.05, 0) is 81.9 Å². The lowest BCUT2D eigenvalue weighted by Gasteiger charge is -2.32. The van der Waals surface area contributed by atoms with E-state index in [0.717, 1.165) is 11.4 Å². The Bertz CT molecular complexity index is 2420. The Balaban J connectivity index is 1.35. The second kappa shape index (κ2) is 10.6. The van der Waals surface area contributed by atoms with Crippen LogP contribution < -0.4 is 4.90 Å². The van der Waals surface area contributed by atoms with Gasteiger partial charge in [0, 0.05) is 27.6 Å². The predicted molar refractivity (Wildman–Crippen MR) is 198 cm³/mol. The van der Waals surface area contributed by atoms with E-state index in [4.69, 9.17) is 0 Å². The molecule has 2 nitrogen and oxygen atoms in total. The maximum atomic E-state index is 2.51. The lowest BCUT2D eigenvalue weighted by atomic mass is 9.81. The van der Waals surface area contributed by atoms with Gasteiger partial charge in [0.1, 0.15) is 0 Å². The van der Waals surface area contributed by atoms with E-state index >= 15 is 0 Å². The van der Waals surface area contributed by atoms with Crippen LogP contribution in [0.4, 0.5) is 17.1 Å². The number of nitrogens with zero attached hydrogens (tertiary/aromatic N) is 2. The Morgan fingerprint density at radius 2 is 1.06 bits per heavy atom. The van der Waals surface area contributed by atoms with E-state index in [2.05, 4.69) is 193 Å². The highest BCUT2D eigenvalue weighted by molar-refractivity contribution is 6.16. The first kappa shape index (κ1) is 27.5. The fraction of sp³-hybridized carbons (Fsp3) is 0.0667. The molecule has 0 radical (unpaired) electrons. The number of hydrogen-bond donors (Lipinski definition) is 0. The third kappa shape index (κ3) is 4.18. The van der Waals surface area contributed by atoms with E-state index in [9.17, 15) is 0 Å². The van der Waals surface area contributed by atoms with Crippen LogP contribution in [0.5, 0.6) is 0 Å². The molecule has 0 atom stereocenters. The van der Waals surface area contributed by atoms with Crippen LogP contribution in [0.25, 0.3) is 49.7 Å². The van der Waals surface area contributed by atoms with Crippen molar-refractivity contribution < 1.29 is 0 Å². The van der Waals surface area contributed by atoms with Crippen molar-refractivity contribution in [1.82, 2.24) is 4.57 Å². The maximum Gasteiger partial charge on any atom is 0.0562 e. The normalized spacial score (nSPS) is 13.1. The number of hydrogen-bond acceptors (Lipinski definition) is 1. The first-order chi connectivity index (χ1) is 23.1. The number of anilines is 3. The van der Waals surface area contributed by atoms with E-state index in [1.165, 1.54) is 66.6 Å². The van der Waals surface area contributed by atoms with Crippen molar-refractivity contribution in [3.63, 3.8) is 0 Å². The molecule has 1 aromatic heterocycles. The number of benzene rings is 7. The Labute approximate surface area is 275 Å². The summed E-state index contributed by atoms with van der Waals surface area (Å²) in [7, 11) is 0. The zero-order valence-electron chi connectivity index (χ0n) is 26.6. The fourth-order valence-electron chi connectivity index (χ4n) is 7.89. The molecule has 0 aliphatic heterocycles. The predicted octanol–water partition coefficient (Wildman–Crippen LogP) is 12.2. The van der Waals surface area contributed by atoms with E-state index in [0.29, 0.717) is 0 Å². The SMILES string of the molecule is CC1(C)c2ccccc2-c2cccc(N(c3ccc(-c4ccccc4)cc3)c3cccc4c3c3ccccc3n4-c3ccccc3)c21.